The Labute approximate surface area is 135 Å². The lowest BCUT2D eigenvalue weighted by Gasteiger charge is -2.37. The van der Waals surface area contributed by atoms with Gasteiger partial charge in [-0.05, 0) is 30.2 Å². The van der Waals surface area contributed by atoms with Gasteiger partial charge in [-0.25, -0.2) is 9.18 Å². The minimum Gasteiger partial charge on any atom is -0.441 e. The van der Waals surface area contributed by atoms with Crippen LogP contribution in [0.2, 0.25) is 0 Å². The zero-order valence-electron chi connectivity index (χ0n) is 13.5. The van der Waals surface area contributed by atoms with Crippen LogP contribution >= 0.6 is 0 Å². The van der Waals surface area contributed by atoms with Crippen molar-refractivity contribution >= 4 is 12.0 Å². The molecule has 2 amide bonds. The average Bonchev–Trinajstić information content (AvgIpc) is 2.81. The summed E-state index contributed by atoms with van der Waals surface area (Å²) in [5.74, 6) is -0.397. The molecular weight excluding hydrogens is 299 g/mol. The first-order chi connectivity index (χ1) is 10.9. The van der Waals surface area contributed by atoms with Gasteiger partial charge < -0.3 is 14.5 Å². The highest BCUT2D eigenvalue weighted by Gasteiger charge is 2.46. The SMILES string of the molecule is CCc1cc(F)ccc1C(=O)N1CCC2(CC1)CN(C)C(=O)O2. The molecule has 0 N–H and O–H groups in total. The van der Waals surface area contributed by atoms with Gasteiger partial charge in [0.05, 0.1) is 6.54 Å². The van der Waals surface area contributed by atoms with Crippen LogP contribution in [0.1, 0.15) is 35.7 Å². The highest BCUT2D eigenvalue weighted by Crippen LogP contribution is 2.33. The standard InChI is InChI=1S/C17H21FN2O3/c1-3-12-10-13(18)4-5-14(12)15(21)20-8-6-17(7-9-20)11-19(2)16(22)23-17/h4-5,10H,3,6-9,11H2,1-2H3. The molecule has 6 heteroatoms. The number of carbonyl (C=O) groups is 2. The first-order valence-corrected chi connectivity index (χ1v) is 7.96. The van der Waals surface area contributed by atoms with Crippen molar-refractivity contribution in [3.05, 3.63) is 35.1 Å². The summed E-state index contributed by atoms with van der Waals surface area (Å²) in [6, 6.07) is 4.31. The molecule has 0 bridgehead atoms. The number of likely N-dealkylation sites (N-methyl/N-ethyl adjacent to an activating group) is 1. The van der Waals surface area contributed by atoms with Gasteiger partial charge >= 0.3 is 6.09 Å². The number of benzene rings is 1. The van der Waals surface area contributed by atoms with Crippen molar-refractivity contribution in [1.29, 1.82) is 0 Å². The molecule has 1 aromatic carbocycles. The number of hydrogen-bond donors (Lipinski definition) is 0. The van der Waals surface area contributed by atoms with E-state index >= 15 is 0 Å². The molecule has 0 aromatic heterocycles. The summed E-state index contributed by atoms with van der Waals surface area (Å²) in [6.45, 7) is 3.57. The molecule has 0 saturated carbocycles. The maximum absolute atomic E-state index is 13.3. The lowest BCUT2D eigenvalue weighted by Crippen LogP contribution is -2.48. The van der Waals surface area contributed by atoms with Crippen LogP contribution in [-0.2, 0) is 11.2 Å². The number of hydrogen-bond acceptors (Lipinski definition) is 3. The fourth-order valence-electron chi connectivity index (χ4n) is 3.40. The molecule has 0 radical (unpaired) electrons. The first kappa shape index (κ1) is 15.8. The third-order valence-corrected chi connectivity index (χ3v) is 4.78. The molecule has 2 fully saturated rings. The first-order valence-electron chi connectivity index (χ1n) is 7.96. The second kappa shape index (κ2) is 5.83. The Morgan fingerprint density at radius 1 is 1.35 bits per heavy atom. The Balaban J connectivity index is 1.71. The van der Waals surface area contributed by atoms with Gasteiger partial charge in [-0.2, -0.15) is 0 Å². The van der Waals surface area contributed by atoms with Crippen LogP contribution in [0.3, 0.4) is 0 Å². The van der Waals surface area contributed by atoms with E-state index < -0.39 is 5.60 Å². The minimum atomic E-state index is -0.459. The second-order valence-corrected chi connectivity index (χ2v) is 6.35. The lowest BCUT2D eigenvalue weighted by molar-refractivity contribution is 0.00315. The Hall–Kier alpha value is -2.11. The highest BCUT2D eigenvalue weighted by molar-refractivity contribution is 5.95. The highest BCUT2D eigenvalue weighted by atomic mass is 19.1. The van der Waals surface area contributed by atoms with Gasteiger partial charge in [0.25, 0.3) is 5.91 Å². The van der Waals surface area contributed by atoms with E-state index in [-0.39, 0.29) is 17.8 Å². The normalized spacial score (nSPS) is 20.0. The van der Waals surface area contributed by atoms with E-state index in [1.54, 1.807) is 22.9 Å². The Bertz CT molecular complexity index is 639. The number of aryl methyl sites for hydroxylation is 1. The van der Waals surface area contributed by atoms with Crippen molar-refractivity contribution in [1.82, 2.24) is 9.80 Å². The summed E-state index contributed by atoms with van der Waals surface area (Å²) >= 11 is 0. The topological polar surface area (TPSA) is 49.9 Å². The van der Waals surface area contributed by atoms with E-state index in [4.69, 9.17) is 4.74 Å². The number of ether oxygens (including phenoxy) is 1. The Morgan fingerprint density at radius 2 is 2.04 bits per heavy atom. The maximum Gasteiger partial charge on any atom is 0.410 e. The Morgan fingerprint density at radius 3 is 2.61 bits per heavy atom. The van der Waals surface area contributed by atoms with Crippen molar-refractivity contribution < 1.29 is 18.7 Å². The van der Waals surface area contributed by atoms with Crippen molar-refractivity contribution in [2.75, 3.05) is 26.7 Å². The minimum absolute atomic E-state index is 0.0746. The molecule has 0 unspecified atom stereocenters. The quantitative estimate of drug-likeness (QED) is 0.841. The second-order valence-electron chi connectivity index (χ2n) is 6.35. The molecular formula is C17H21FN2O3. The predicted molar refractivity (Wildman–Crippen MR) is 82.8 cm³/mol. The van der Waals surface area contributed by atoms with Crippen molar-refractivity contribution in [2.24, 2.45) is 0 Å². The summed E-state index contributed by atoms with van der Waals surface area (Å²) in [4.78, 5) is 27.6. The monoisotopic (exact) mass is 320 g/mol. The number of piperidine rings is 1. The summed E-state index contributed by atoms with van der Waals surface area (Å²) < 4.78 is 18.8. The molecule has 2 aliphatic heterocycles. The predicted octanol–water partition coefficient (Wildman–Crippen LogP) is 2.44. The summed E-state index contributed by atoms with van der Waals surface area (Å²) in [5, 5.41) is 0. The molecule has 2 heterocycles. The third kappa shape index (κ3) is 2.90. The molecule has 0 atom stereocenters. The molecule has 2 saturated heterocycles. The van der Waals surface area contributed by atoms with Gasteiger partial charge in [-0.3, -0.25) is 4.79 Å². The largest absolute Gasteiger partial charge is 0.441 e. The van der Waals surface area contributed by atoms with E-state index in [2.05, 4.69) is 0 Å². The number of carbonyl (C=O) groups excluding carboxylic acids is 2. The summed E-state index contributed by atoms with van der Waals surface area (Å²) in [6.07, 6.45) is 1.59. The van der Waals surface area contributed by atoms with E-state index in [1.807, 2.05) is 6.92 Å². The van der Waals surface area contributed by atoms with E-state index in [0.29, 0.717) is 44.5 Å². The number of halogens is 1. The molecule has 0 aliphatic carbocycles. The molecule has 2 aliphatic rings. The van der Waals surface area contributed by atoms with Crippen LogP contribution in [0.5, 0.6) is 0 Å². The molecule has 23 heavy (non-hydrogen) atoms. The van der Waals surface area contributed by atoms with E-state index in [0.717, 1.165) is 5.56 Å². The van der Waals surface area contributed by atoms with Gasteiger partial charge in [0.15, 0.2) is 0 Å². The molecule has 124 valence electrons. The molecule has 1 aromatic rings. The molecule has 1 spiro atoms. The van der Waals surface area contributed by atoms with Crippen molar-refractivity contribution in [3.8, 4) is 0 Å². The van der Waals surface area contributed by atoms with E-state index in [9.17, 15) is 14.0 Å². The Kier molecular flexibility index (Phi) is 4.00. The molecule has 5 nitrogen and oxygen atoms in total. The summed E-state index contributed by atoms with van der Waals surface area (Å²) in [5.41, 5.74) is 0.826. The smallest absolute Gasteiger partial charge is 0.410 e. The van der Waals surface area contributed by atoms with Crippen molar-refractivity contribution in [2.45, 2.75) is 31.8 Å². The number of nitrogens with zero attached hydrogens (tertiary/aromatic N) is 2. The lowest BCUT2D eigenvalue weighted by atomic mass is 9.90. The van der Waals surface area contributed by atoms with Gasteiger partial charge in [-0.15, -0.1) is 0 Å². The van der Waals surface area contributed by atoms with Crippen LogP contribution < -0.4 is 0 Å². The zero-order chi connectivity index (χ0) is 16.6. The molecule has 3 rings (SSSR count). The average molecular weight is 320 g/mol. The van der Waals surface area contributed by atoms with Crippen LogP contribution in [0.25, 0.3) is 0 Å². The maximum atomic E-state index is 13.3. The van der Waals surface area contributed by atoms with Crippen LogP contribution in [0, 0.1) is 5.82 Å². The van der Waals surface area contributed by atoms with Crippen LogP contribution in [0.4, 0.5) is 9.18 Å². The number of amides is 2. The summed E-state index contributed by atoms with van der Waals surface area (Å²) in [7, 11) is 1.72. The number of rotatable bonds is 2. The fourth-order valence-corrected chi connectivity index (χ4v) is 3.40. The fraction of sp³-hybridized carbons (Fsp3) is 0.529. The van der Waals surface area contributed by atoms with Crippen molar-refractivity contribution in [3.63, 3.8) is 0 Å². The van der Waals surface area contributed by atoms with Gasteiger partial charge in [-0.1, -0.05) is 6.92 Å². The van der Waals surface area contributed by atoms with Gasteiger partial charge in [0.2, 0.25) is 0 Å². The number of likely N-dealkylation sites (tertiary alicyclic amines) is 1. The van der Waals surface area contributed by atoms with Crippen LogP contribution in [-0.4, -0.2) is 54.1 Å². The zero-order valence-corrected chi connectivity index (χ0v) is 13.5. The van der Waals surface area contributed by atoms with Gasteiger partial charge in [0, 0.05) is 38.5 Å². The van der Waals surface area contributed by atoms with Crippen LogP contribution in [0.15, 0.2) is 18.2 Å². The van der Waals surface area contributed by atoms with Gasteiger partial charge in [0.1, 0.15) is 11.4 Å². The third-order valence-electron chi connectivity index (χ3n) is 4.78. The van der Waals surface area contributed by atoms with E-state index in [1.165, 1.54) is 12.1 Å².